The van der Waals surface area contributed by atoms with E-state index >= 15 is 0 Å². The first-order valence-electron chi connectivity index (χ1n) is 23.8. The maximum atomic E-state index is 6.90. The van der Waals surface area contributed by atoms with E-state index < -0.39 is 0 Å². The topological polar surface area (TPSA) is 24.9 Å². The zero-order valence-corrected chi connectivity index (χ0v) is 38.0. The van der Waals surface area contributed by atoms with Crippen LogP contribution in [0.1, 0.15) is 0 Å². The lowest BCUT2D eigenvalue weighted by Crippen LogP contribution is -2.10. The normalized spacial score (nSPS) is 11.9. The molecule has 0 atom stereocenters. The van der Waals surface area contributed by atoms with Gasteiger partial charge in [-0.05, 0) is 141 Å². The van der Waals surface area contributed by atoms with Crippen LogP contribution in [0, 0.1) is 0 Å². The number of ether oxygens (including phenoxy) is 2. The molecule has 0 spiro atoms. The van der Waals surface area contributed by atoms with Gasteiger partial charge in [0, 0.05) is 55.4 Å². The zero-order chi connectivity index (χ0) is 46.1. The molecule has 70 heavy (non-hydrogen) atoms. The number of fused-ring (bicyclic) bond motifs is 6. The van der Waals surface area contributed by atoms with Crippen molar-refractivity contribution in [1.82, 2.24) is 0 Å². The van der Waals surface area contributed by atoms with Gasteiger partial charge in [-0.1, -0.05) is 158 Å². The quantitative estimate of drug-likeness (QED) is 0.152. The third kappa shape index (κ3) is 6.38. The first-order chi connectivity index (χ1) is 34.7. The number of hydrogen-bond acceptors (Lipinski definition) is 4. The average Bonchev–Trinajstić information content (AvgIpc) is 3.43. The van der Waals surface area contributed by atoms with E-state index in [1.54, 1.807) is 0 Å². The van der Waals surface area contributed by atoms with Crippen molar-refractivity contribution >= 4 is 66.4 Å². The molecule has 4 nitrogen and oxygen atoms in total. The molecule has 2 heterocycles. The lowest BCUT2D eigenvalue weighted by Gasteiger charge is -2.28. The van der Waals surface area contributed by atoms with Crippen molar-refractivity contribution in [3.8, 4) is 67.5 Å². The standard InChI is InChI=1S/C66H42N2O2/c1-5-17-45(18-6-1)67(46-19-7-2-8-20-46)59-37-35-49(51-25-13-15-27-53(51)59)43-29-31-55-57-33-34-58-56-32-30-44(42-64(56)70-62-40-39-61(65(57)66(58)62)69-63(55)41-43)50-36-38-60(54-28-16-14-26-52(50)54)68(47-21-9-3-10-22-47)48-23-11-4-12-24-48/h1-42H. The highest BCUT2D eigenvalue weighted by molar-refractivity contribution is 6.15. The minimum Gasteiger partial charge on any atom is -0.456 e. The van der Waals surface area contributed by atoms with Crippen LogP contribution in [0.4, 0.5) is 34.1 Å². The maximum Gasteiger partial charge on any atom is 0.136 e. The Balaban J connectivity index is 0.826. The van der Waals surface area contributed by atoms with Gasteiger partial charge in [0.05, 0.1) is 11.4 Å². The van der Waals surface area contributed by atoms with Crippen LogP contribution in [0.2, 0.25) is 0 Å². The lowest BCUT2D eigenvalue weighted by molar-refractivity contribution is 0.475. The molecule has 0 unspecified atom stereocenters. The molecule has 0 aliphatic carbocycles. The SMILES string of the molecule is c1ccc(N(c2ccccc2)c2ccc(-c3ccc4c(c3)Oc3ccc5c6c(ccc-4c36)-c3ccc(-c4ccc(N(c6ccccc6)c6ccccc6)c6ccccc46)cc3O5)c3ccccc23)cc1. The predicted molar refractivity (Wildman–Crippen MR) is 290 cm³/mol. The minimum absolute atomic E-state index is 0.831. The van der Waals surface area contributed by atoms with E-state index in [0.29, 0.717) is 0 Å². The second-order valence-corrected chi connectivity index (χ2v) is 18.0. The third-order valence-electron chi connectivity index (χ3n) is 14.0. The molecule has 0 fully saturated rings. The largest absolute Gasteiger partial charge is 0.456 e. The van der Waals surface area contributed by atoms with Crippen molar-refractivity contribution in [2.45, 2.75) is 0 Å². The summed E-state index contributed by atoms with van der Waals surface area (Å²) < 4.78 is 13.8. The van der Waals surface area contributed by atoms with Crippen molar-refractivity contribution in [1.29, 1.82) is 0 Å². The van der Waals surface area contributed by atoms with Crippen molar-refractivity contribution in [3.63, 3.8) is 0 Å². The molecule has 12 aromatic rings. The van der Waals surface area contributed by atoms with Gasteiger partial charge in [-0.3, -0.25) is 0 Å². The monoisotopic (exact) mass is 894 g/mol. The number of benzene rings is 12. The second kappa shape index (κ2) is 16.2. The number of rotatable bonds is 8. The molecule has 0 N–H and O–H groups in total. The fourth-order valence-electron chi connectivity index (χ4n) is 10.9. The molecule has 0 saturated carbocycles. The van der Waals surface area contributed by atoms with E-state index in [2.05, 4.69) is 265 Å². The number of nitrogens with zero attached hydrogens (tertiary/aromatic N) is 2. The second-order valence-electron chi connectivity index (χ2n) is 18.0. The number of para-hydroxylation sites is 4. The Morgan fingerprint density at radius 2 is 0.543 bits per heavy atom. The van der Waals surface area contributed by atoms with Crippen LogP contribution in [0.5, 0.6) is 23.0 Å². The van der Waals surface area contributed by atoms with Crippen molar-refractivity contribution in [2.75, 3.05) is 9.80 Å². The molecule has 0 aromatic heterocycles. The van der Waals surface area contributed by atoms with Gasteiger partial charge in [0.25, 0.3) is 0 Å². The van der Waals surface area contributed by atoms with E-state index in [-0.39, 0.29) is 0 Å². The molecule has 2 aliphatic heterocycles. The summed E-state index contributed by atoms with van der Waals surface area (Å²) in [7, 11) is 0. The number of hydrogen-bond donors (Lipinski definition) is 0. The molecule has 0 bridgehead atoms. The van der Waals surface area contributed by atoms with Crippen LogP contribution in [0.15, 0.2) is 255 Å². The summed E-state index contributed by atoms with van der Waals surface area (Å²) in [5, 5.41) is 6.84. The molecule has 0 saturated heterocycles. The Hall–Kier alpha value is -9.38. The Labute approximate surface area is 406 Å². The maximum absolute atomic E-state index is 6.90. The summed E-state index contributed by atoms with van der Waals surface area (Å²) in [5.41, 5.74) is 15.6. The van der Waals surface area contributed by atoms with Crippen molar-refractivity contribution < 1.29 is 9.47 Å². The van der Waals surface area contributed by atoms with Crippen LogP contribution in [-0.2, 0) is 0 Å². The Bertz CT molecular complexity index is 3660. The number of anilines is 6. The van der Waals surface area contributed by atoms with Gasteiger partial charge in [-0.2, -0.15) is 0 Å². The highest BCUT2D eigenvalue weighted by Gasteiger charge is 2.29. The Morgan fingerprint density at radius 1 is 0.229 bits per heavy atom. The van der Waals surface area contributed by atoms with Crippen molar-refractivity contribution in [2.24, 2.45) is 0 Å². The Morgan fingerprint density at radius 3 is 0.914 bits per heavy atom. The predicted octanol–water partition coefficient (Wildman–Crippen LogP) is 19.0. The molecule has 0 amide bonds. The fourth-order valence-corrected chi connectivity index (χ4v) is 10.9. The third-order valence-corrected chi connectivity index (χ3v) is 14.0. The highest BCUT2D eigenvalue weighted by Crippen LogP contribution is 2.56. The zero-order valence-electron chi connectivity index (χ0n) is 38.0. The van der Waals surface area contributed by atoms with E-state index in [0.717, 1.165) is 112 Å². The molecule has 4 heteroatoms. The molecule has 2 aliphatic rings. The van der Waals surface area contributed by atoms with E-state index in [1.165, 1.54) is 21.5 Å². The molecule has 12 aromatic carbocycles. The minimum atomic E-state index is 0.831. The first kappa shape index (κ1) is 39.8. The van der Waals surface area contributed by atoms with E-state index in [9.17, 15) is 0 Å². The fraction of sp³-hybridized carbons (Fsp3) is 0. The van der Waals surface area contributed by atoms with Gasteiger partial charge in [0.2, 0.25) is 0 Å². The van der Waals surface area contributed by atoms with Crippen LogP contribution in [-0.4, -0.2) is 0 Å². The molecule has 0 radical (unpaired) electrons. The van der Waals surface area contributed by atoms with Gasteiger partial charge in [-0.25, -0.2) is 0 Å². The summed E-state index contributed by atoms with van der Waals surface area (Å²) in [6.45, 7) is 0. The van der Waals surface area contributed by atoms with E-state index in [4.69, 9.17) is 9.47 Å². The summed E-state index contributed by atoms with van der Waals surface area (Å²) in [4.78, 5) is 4.68. The van der Waals surface area contributed by atoms with Crippen molar-refractivity contribution in [3.05, 3.63) is 255 Å². The van der Waals surface area contributed by atoms with Crippen LogP contribution in [0.25, 0.3) is 76.8 Å². The first-order valence-corrected chi connectivity index (χ1v) is 23.8. The highest BCUT2D eigenvalue weighted by atomic mass is 16.5. The van der Waals surface area contributed by atoms with Crippen LogP contribution < -0.4 is 19.3 Å². The summed E-state index contributed by atoms with van der Waals surface area (Å²) >= 11 is 0. The summed E-state index contributed by atoms with van der Waals surface area (Å²) in [6, 6.07) is 90.8. The Kier molecular flexibility index (Phi) is 9.17. The molecular formula is C66H42N2O2. The van der Waals surface area contributed by atoms with Crippen LogP contribution >= 0.6 is 0 Å². The molecular weight excluding hydrogens is 853 g/mol. The summed E-state index contributed by atoms with van der Waals surface area (Å²) in [6.07, 6.45) is 0. The molecule has 328 valence electrons. The van der Waals surface area contributed by atoms with Gasteiger partial charge < -0.3 is 19.3 Å². The lowest BCUT2D eigenvalue weighted by atomic mass is 9.86. The molecule has 14 rings (SSSR count). The van der Waals surface area contributed by atoms with Crippen LogP contribution in [0.3, 0.4) is 0 Å². The van der Waals surface area contributed by atoms with Gasteiger partial charge in [0.1, 0.15) is 23.0 Å². The van der Waals surface area contributed by atoms with E-state index in [1.807, 2.05) is 0 Å². The van der Waals surface area contributed by atoms with Gasteiger partial charge in [-0.15, -0.1) is 0 Å². The summed E-state index contributed by atoms with van der Waals surface area (Å²) in [5.74, 6) is 3.34. The van der Waals surface area contributed by atoms with Gasteiger partial charge >= 0.3 is 0 Å². The van der Waals surface area contributed by atoms with Gasteiger partial charge in [0.15, 0.2) is 0 Å². The smallest absolute Gasteiger partial charge is 0.136 e. The average molecular weight is 895 g/mol.